The van der Waals surface area contributed by atoms with Gasteiger partial charge in [-0.2, -0.15) is 0 Å². The maximum absolute atomic E-state index is 11.8. The van der Waals surface area contributed by atoms with Gasteiger partial charge in [0.2, 0.25) is 0 Å². The molecule has 6 heteroatoms. The van der Waals surface area contributed by atoms with Crippen LogP contribution in [0.5, 0.6) is 11.5 Å². The maximum atomic E-state index is 11.8. The summed E-state index contributed by atoms with van der Waals surface area (Å²) in [5.74, 6) is 1.33. The molecule has 2 N–H and O–H groups in total. The Labute approximate surface area is 140 Å². The van der Waals surface area contributed by atoms with Crippen LogP contribution in [0.3, 0.4) is 0 Å². The highest BCUT2D eigenvalue weighted by molar-refractivity contribution is 7.98. The minimum absolute atomic E-state index is 0.258. The van der Waals surface area contributed by atoms with E-state index in [0.29, 0.717) is 24.7 Å². The Balaban J connectivity index is 1.74. The Morgan fingerprint density at radius 2 is 1.91 bits per heavy atom. The van der Waals surface area contributed by atoms with E-state index in [-0.39, 0.29) is 6.03 Å². The van der Waals surface area contributed by atoms with Crippen molar-refractivity contribution in [1.29, 1.82) is 0 Å². The number of carbonyl (C=O) groups is 1. The number of thioether (sulfide) groups is 1. The van der Waals surface area contributed by atoms with Crippen LogP contribution in [0.4, 0.5) is 10.5 Å². The van der Waals surface area contributed by atoms with Crippen molar-refractivity contribution in [2.45, 2.75) is 4.90 Å². The number of hydrogen-bond acceptors (Lipinski definition) is 4. The first-order valence-corrected chi connectivity index (χ1v) is 8.40. The van der Waals surface area contributed by atoms with E-state index in [4.69, 9.17) is 9.47 Å². The molecule has 2 rings (SSSR count). The standard InChI is InChI=1S/C17H20N2O3S/c1-21-15-8-3-4-9-16(15)22-11-10-18-17(20)19-13-6-5-7-14(12-13)23-2/h3-9,12H,10-11H2,1-2H3,(H2,18,19,20). The first-order chi connectivity index (χ1) is 11.2. The fourth-order valence-corrected chi connectivity index (χ4v) is 2.40. The van der Waals surface area contributed by atoms with Crippen molar-refractivity contribution in [1.82, 2.24) is 5.32 Å². The highest BCUT2D eigenvalue weighted by Gasteiger charge is 2.04. The number of ether oxygens (including phenoxy) is 2. The fourth-order valence-electron chi connectivity index (χ4n) is 1.94. The molecule has 122 valence electrons. The summed E-state index contributed by atoms with van der Waals surface area (Å²) in [5, 5.41) is 5.55. The topological polar surface area (TPSA) is 59.6 Å². The third-order valence-electron chi connectivity index (χ3n) is 3.04. The highest BCUT2D eigenvalue weighted by atomic mass is 32.2. The molecule has 0 bridgehead atoms. The molecule has 0 unspecified atom stereocenters. The zero-order valence-corrected chi connectivity index (χ0v) is 14.0. The molecule has 0 saturated carbocycles. The molecule has 0 spiro atoms. The number of benzene rings is 2. The smallest absolute Gasteiger partial charge is 0.319 e. The van der Waals surface area contributed by atoms with Crippen LogP contribution in [0.1, 0.15) is 0 Å². The second-order valence-corrected chi connectivity index (χ2v) is 5.49. The van der Waals surface area contributed by atoms with E-state index in [2.05, 4.69) is 10.6 Å². The van der Waals surface area contributed by atoms with Crippen molar-refractivity contribution in [2.75, 3.05) is 31.8 Å². The van der Waals surface area contributed by atoms with Crippen LogP contribution < -0.4 is 20.1 Å². The number of carbonyl (C=O) groups excluding carboxylic acids is 1. The van der Waals surface area contributed by atoms with Crippen molar-refractivity contribution < 1.29 is 14.3 Å². The Bertz CT molecular complexity index is 649. The third-order valence-corrected chi connectivity index (χ3v) is 3.77. The van der Waals surface area contributed by atoms with E-state index in [1.807, 2.05) is 54.8 Å². The number of urea groups is 1. The lowest BCUT2D eigenvalue weighted by Crippen LogP contribution is -2.32. The van der Waals surface area contributed by atoms with Gasteiger partial charge in [-0.1, -0.05) is 18.2 Å². The summed E-state index contributed by atoms with van der Waals surface area (Å²) in [6.07, 6.45) is 1.99. The quantitative estimate of drug-likeness (QED) is 0.600. The maximum Gasteiger partial charge on any atom is 0.319 e. The summed E-state index contributed by atoms with van der Waals surface area (Å²) in [6, 6.07) is 14.8. The first kappa shape index (κ1) is 17.0. The van der Waals surface area contributed by atoms with Crippen molar-refractivity contribution in [3.63, 3.8) is 0 Å². The lowest BCUT2D eigenvalue weighted by Gasteiger charge is -2.11. The van der Waals surface area contributed by atoms with Gasteiger partial charge in [0.05, 0.1) is 13.7 Å². The van der Waals surface area contributed by atoms with Crippen LogP contribution in [0.2, 0.25) is 0 Å². The Kier molecular flexibility index (Phi) is 6.62. The van der Waals surface area contributed by atoms with Crippen LogP contribution in [0, 0.1) is 0 Å². The van der Waals surface area contributed by atoms with Crippen LogP contribution in [0.25, 0.3) is 0 Å². The number of nitrogens with one attached hydrogen (secondary N) is 2. The van der Waals surface area contributed by atoms with Crippen LogP contribution in [-0.2, 0) is 0 Å². The summed E-state index contributed by atoms with van der Waals surface area (Å²) in [5.41, 5.74) is 0.764. The predicted molar refractivity (Wildman–Crippen MR) is 93.7 cm³/mol. The first-order valence-electron chi connectivity index (χ1n) is 7.17. The average molecular weight is 332 g/mol. The predicted octanol–water partition coefficient (Wildman–Crippen LogP) is 3.62. The molecule has 0 aliphatic carbocycles. The van der Waals surface area contributed by atoms with Crippen molar-refractivity contribution in [3.8, 4) is 11.5 Å². The normalized spacial score (nSPS) is 10.0. The van der Waals surface area contributed by atoms with E-state index < -0.39 is 0 Å². The number of methoxy groups -OCH3 is 1. The molecule has 5 nitrogen and oxygen atoms in total. The third kappa shape index (κ3) is 5.41. The van der Waals surface area contributed by atoms with E-state index >= 15 is 0 Å². The molecular formula is C17H20N2O3S. The lowest BCUT2D eigenvalue weighted by molar-refractivity contribution is 0.246. The van der Waals surface area contributed by atoms with E-state index in [0.717, 1.165) is 10.6 Å². The second-order valence-electron chi connectivity index (χ2n) is 4.61. The SMILES string of the molecule is COc1ccccc1OCCNC(=O)Nc1cccc(SC)c1. The molecule has 2 amide bonds. The van der Waals surface area contributed by atoms with Gasteiger partial charge in [0, 0.05) is 10.6 Å². The molecule has 0 aliphatic heterocycles. The number of rotatable bonds is 7. The molecule has 2 aromatic rings. The molecule has 2 aromatic carbocycles. The average Bonchev–Trinajstić information content (AvgIpc) is 2.59. The monoisotopic (exact) mass is 332 g/mol. The van der Waals surface area contributed by atoms with E-state index in [1.54, 1.807) is 18.9 Å². The minimum Gasteiger partial charge on any atom is -0.493 e. The minimum atomic E-state index is -0.258. The van der Waals surface area contributed by atoms with E-state index in [9.17, 15) is 4.79 Å². The molecule has 0 atom stereocenters. The number of hydrogen-bond donors (Lipinski definition) is 2. The largest absolute Gasteiger partial charge is 0.493 e. The Morgan fingerprint density at radius 1 is 1.13 bits per heavy atom. The molecule has 0 radical (unpaired) electrons. The zero-order chi connectivity index (χ0) is 16.5. The van der Waals surface area contributed by atoms with Gasteiger partial charge in [-0.15, -0.1) is 11.8 Å². The number of anilines is 1. The molecule has 23 heavy (non-hydrogen) atoms. The van der Waals surface area contributed by atoms with Gasteiger partial charge < -0.3 is 20.1 Å². The zero-order valence-electron chi connectivity index (χ0n) is 13.2. The fraction of sp³-hybridized carbons (Fsp3) is 0.235. The molecule has 0 aromatic heterocycles. The number of para-hydroxylation sites is 2. The molecule has 0 saturated heterocycles. The van der Waals surface area contributed by atoms with Gasteiger partial charge in [0.15, 0.2) is 11.5 Å². The van der Waals surface area contributed by atoms with Crippen LogP contribution in [-0.4, -0.2) is 32.5 Å². The molecule has 0 heterocycles. The summed E-state index contributed by atoms with van der Waals surface area (Å²) in [7, 11) is 1.59. The second kappa shape index (κ2) is 8.95. The van der Waals surface area contributed by atoms with Crippen LogP contribution in [0.15, 0.2) is 53.4 Å². The summed E-state index contributed by atoms with van der Waals surface area (Å²) in [4.78, 5) is 12.9. The van der Waals surface area contributed by atoms with Crippen molar-refractivity contribution >= 4 is 23.5 Å². The van der Waals surface area contributed by atoms with Gasteiger partial charge >= 0.3 is 6.03 Å². The Morgan fingerprint density at radius 3 is 2.65 bits per heavy atom. The van der Waals surface area contributed by atoms with Crippen LogP contribution >= 0.6 is 11.8 Å². The Hall–Kier alpha value is -2.34. The van der Waals surface area contributed by atoms with Gasteiger partial charge in [0.25, 0.3) is 0 Å². The highest BCUT2D eigenvalue weighted by Crippen LogP contribution is 2.25. The van der Waals surface area contributed by atoms with Gasteiger partial charge in [-0.25, -0.2) is 4.79 Å². The van der Waals surface area contributed by atoms with Gasteiger partial charge in [-0.3, -0.25) is 0 Å². The van der Waals surface area contributed by atoms with E-state index in [1.165, 1.54) is 0 Å². The molecule has 0 fully saturated rings. The summed E-state index contributed by atoms with van der Waals surface area (Å²) >= 11 is 1.63. The summed E-state index contributed by atoms with van der Waals surface area (Å²) < 4.78 is 10.8. The van der Waals surface area contributed by atoms with Crippen molar-refractivity contribution in [3.05, 3.63) is 48.5 Å². The molecule has 0 aliphatic rings. The summed E-state index contributed by atoms with van der Waals surface area (Å²) in [6.45, 7) is 0.755. The lowest BCUT2D eigenvalue weighted by atomic mass is 10.3. The molecular weight excluding hydrogens is 312 g/mol. The van der Waals surface area contributed by atoms with Gasteiger partial charge in [-0.05, 0) is 36.6 Å². The number of amides is 2. The van der Waals surface area contributed by atoms with Crippen molar-refractivity contribution in [2.24, 2.45) is 0 Å². The van der Waals surface area contributed by atoms with Gasteiger partial charge in [0.1, 0.15) is 6.61 Å².